The molecule has 2 fully saturated rings. The van der Waals surface area contributed by atoms with Crippen molar-refractivity contribution < 1.29 is 14.6 Å². The second-order valence-electron chi connectivity index (χ2n) is 6.03. The van der Waals surface area contributed by atoms with Gasteiger partial charge in [0.25, 0.3) is 0 Å². The molecule has 4 heteroatoms. The van der Waals surface area contributed by atoms with Crippen molar-refractivity contribution in [2.45, 2.75) is 63.5 Å². The average Bonchev–Trinajstić information content (AvgIpc) is 2.81. The van der Waals surface area contributed by atoms with Crippen LogP contribution in [-0.2, 0) is 9.53 Å². The molecule has 0 aromatic carbocycles. The lowest BCUT2D eigenvalue weighted by Crippen LogP contribution is -2.54. The maximum absolute atomic E-state index is 12.0. The predicted molar refractivity (Wildman–Crippen MR) is 69.2 cm³/mol. The number of rotatable bonds is 4. The zero-order valence-corrected chi connectivity index (χ0v) is 11.3. The van der Waals surface area contributed by atoms with Crippen molar-refractivity contribution in [3.63, 3.8) is 0 Å². The highest BCUT2D eigenvalue weighted by Crippen LogP contribution is 2.32. The van der Waals surface area contributed by atoms with Gasteiger partial charge in [0.05, 0.1) is 24.7 Å². The summed E-state index contributed by atoms with van der Waals surface area (Å²) in [7, 11) is 0. The quantitative estimate of drug-likeness (QED) is 0.802. The van der Waals surface area contributed by atoms with Crippen LogP contribution in [0.1, 0.15) is 51.9 Å². The van der Waals surface area contributed by atoms with E-state index in [9.17, 15) is 9.90 Å². The van der Waals surface area contributed by atoms with Crippen LogP contribution in [0.25, 0.3) is 0 Å². The molecule has 0 aromatic heterocycles. The van der Waals surface area contributed by atoms with Gasteiger partial charge in [-0.15, -0.1) is 0 Å². The van der Waals surface area contributed by atoms with Crippen LogP contribution >= 0.6 is 0 Å². The Hall–Kier alpha value is -0.610. The lowest BCUT2D eigenvalue weighted by molar-refractivity contribution is -0.126. The number of aliphatic hydroxyl groups excluding tert-OH is 1. The van der Waals surface area contributed by atoms with E-state index in [0.29, 0.717) is 12.3 Å². The van der Waals surface area contributed by atoms with Crippen molar-refractivity contribution in [1.29, 1.82) is 0 Å². The number of carbonyl (C=O) groups excluding carboxylic acids is 1. The molecule has 2 aliphatic rings. The molecule has 0 aromatic rings. The van der Waals surface area contributed by atoms with Crippen molar-refractivity contribution >= 4 is 5.91 Å². The number of carbonyl (C=O) groups is 1. The molecule has 3 atom stereocenters. The third-order valence-corrected chi connectivity index (χ3v) is 4.24. The average molecular weight is 255 g/mol. The zero-order chi connectivity index (χ0) is 13.0. The summed E-state index contributed by atoms with van der Waals surface area (Å²) in [6.07, 6.45) is 6.63. The summed E-state index contributed by atoms with van der Waals surface area (Å²) in [6, 6.07) is 0. The molecule has 1 saturated carbocycles. The fourth-order valence-electron chi connectivity index (χ4n) is 3.32. The van der Waals surface area contributed by atoms with E-state index in [1.54, 1.807) is 0 Å². The molecule has 1 saturated heterocycles. The van der Waals surface area contributed by atoms with Crippen molar-refractivity contribution in [2.75, 3.05) is 13.2 Å². The van der Waals surface area contributed by atoms with Crippen molar-refractivity contribution in [1.82, 2.24) is 5.32 Å². The molecule has 0 bridgehead atoms. The number of hydrogen-bond acceptors (Lipinski definition) is 3. The first-order valence-electron chi connectivity index (χ1n) is 7.17. The van der Waals surface area contributed by atoms with E-state index in [1.165, 1.54) is 6.42 Å². The van der Waals surface area contributed by atoms with Gasteiger partial charge in [-0.25, -0.2) is 0 Å². The molecule has 0 spiro atoms. The van der Waals surface area contributed by atoms with Gasteiger partial charge < -0.3 is 15.2 Å². The number of nitrogens with one attached hydrogen (secondary N) is 1. The Bertz CT molecular complexity index is 289. The minimum absolute atomic E-state index is 0.0325. The molecular weight excluding hydrogens is 230 g/mol. The predicted octanol–water partition coefficient (Wildman–Crippen LogP) is 1.61. The van der Waals surface area contributed by atoms with E-state index >= 15 is 0 Å². The molecule has 4 nitrogen and oxygen atoms in total. The van der Waals surface area contributed by atoms with E-state index in [1.807, 2.05) is 0 Å². The van der Waals surface area contributed by atoms with Crippen LogP contribution in [0.5, 0.6) is 0 Å². The van der Waals surface area contributed by atoms with Crippen LogP contribution in [0.2, 0.25) is 0 Å². The third kappa shape index (κ3) is 3.45. The molecule has 1 amide bonds. The van der Waals surface area contributed by atoms with Gasteiger partial charge in [-0.05, 0) is 31.6 Å². The van der Waals surface area contributed by atoms with Crippen LogP contribution in [0, 0.1) is 5.92 Å². The SMILES string of the molecule is CC1CCCC(CO)(NC(=O)CC2CCCO2)C1. The second kappa shape index (κ2) is 6.02. The molecule has 18 heavy (non-hydrogen) atoms. The fraction of sp³-hybridized carbons (Fsp3) is 0.929. The molecule has 1 heterocycles. The van der Waals surface area contributed by atoms with E-state index in [-0.39, 0.29) is 24.2 Å². The van der Waals surface area contributed by atoms with Gasteiger partial charge in [-0.1, -0.05) is 19.8 Å². The number of ether oxygens (including phenoxy) is 1. The monoisotopic (exact) mass is 255 g/mol. The van der Waals surface area contributed by atoms with Gasteiger partial charge in [-0.2, -0.15) is 0 Å². The van der Waals surface area contributed by atoms with Gasteiger partial charge in [0, 0.05) is 6.61 Å². The van der Waals surface area contributed by atoms with E-state index in [4.69, 9.17) is 4.74 Å². The summed E-state index contributed by atoms with van der Waals surface area (Å²) in [5.74, 6) is 0.610. The first kappa shape index (κ1) is 13.8. The summed E-state index contributed by atoms with van der Waals surface area (Å²) >= 11 is 0. The summed E-state index contributed by atoms with van der Waals surface area (Å²) in [5.41, 5.74) is -0.382. The van der Waals surface area contributed by atoms with Crippen LogP contribution in [0.15, 0.2) is 0 Å². The molecule has 1 aliphatic carbocycles. The molecule has 3 unspecified atom stereocenters. The first-order valence-corrected chi connectivity index (χ1v) is 7.17. The van der Waals surface area contributed by atoms with Crippen LogP contribution < -0.4 is 5.32 Å². The minimum Gasteiger partial charge on any atom is -0.394 e. The highest BCUT2D eigenvalue weighted by molar-refractivity contribution is 5.77. The van der Waals surface area contributed by atoms with E-state index < -0.39 is 0 Å². The number of amides is 1. The van der Waals surface area contributed by atoms with E-state index in [0.717, 1.165) is 38.7 Å². The normalized spacial score (nSPS) is 36.6. The summed E-state index contributed by atoms with van der Waals surface area (Å²) in [6.45, 7) is 3.02. The van der Waals surface area contributed by atoms with Crippen LogP contribution in [0.3, 0.4) is 0 Å². The van der Waals surface area contributed by atoms with Gasteiger partial charge in [0.1, 0.15) is 0 Å². The maximum atomic E-state index is 12.0. The van der Waals surface area contributed by atoms with Gasteiger partial charge >= 0.3 is 0 Å². The molecule has 0 radical (unpaired) electrons. The van der Waals surface area contributed by atoms with Gasteiger partial charge in [0.15, 0.2) is 0 Å². The Labute approximate surface area is 109 Å². The fourth-order valence-corrected chi connectivity index (χ4v) is 3.32. The van der Waals surface area contributed by atoms with Crippen LogP contribution in [0.4, 0.5) is 0 Å². The van der Waals surface area contributed by atoms with Crippen LogP contribution in [-0.4, -0.2) is 35.9 Å². The Morgan fingerprint density at radius 1 is 1.44 bits per heavy atom. The summed E-state index contributed by atoms with van der Waals surface area (Å²) in [4.78, 5) is 12.0. The molecule has 1 aliphatic heterocycles. The summed E-state index contributed by atoms with van der Waals surface area (Å²) in [5, 5.41) is 12.7. The third-order valence-electron chi connectivity index (χ3n) is 4.24. The molecule has 104 valence electrons. The highest BCUT2D eigenvalue weighted by Gasteiger charge is 2.36. The summed E-state index contributed by atoms with van der Waals surface area (Å²) < 4.78 is 5.48. The molecular formula is C14H25NO3. The molecule has 2 rings (SSSR count). The van der Waals surface area contributed by atoms with Crippen molar-refractivity contribution in [3.8, 4) is 0 Å². The Morgan fingerprint density at radius 2 is 2.28 bits per heavy atom. The smallest absolute Gasteiger partial charge is 0.223 e. The Balaban J connectivity index is 1.86. The standard InChI is InChI=1S/C14H25NO3/c1-11-4-2-6-14(9-11,10-16)15-13(17)8-12-5-3-7-18-12/h11-12,16H,2-10H2,1H3,(H,15,17). The molecule has 2 N–H and O–H groups in total. The number of aliphatic hydroxyl groups is 1. The topological polar surface area (TPSA) is 58.6 Å². The second-order valence-corrected chi connectivity index (χ2v) is 6.03. The van der Waals surface area contributed by atoms with Gasteiger partial charge in [0.2, 0.25) is 5.91 Å². The van der Waals surface area contributed by atoms with Gasteiger partial charge in [-0.3, -0.25) is 4.79 Å². The highest BCUT2D eigenvalue weighted by atomic mass is 16.5. The van der Waals surface area contributed by atoms with Crippen molar-refractivity contribution in [2.24, 2.45) is 5.92 Å². The first-order chi connectivity index (χ1) is 8.63. The Morgan fingerprint density at radius 3 is 2.89 bits per heavy atom. The van der Waals surface area contributed by atoms with Crippen molar-refractivity contribution in [3.05, 3.63) is 0 Å². The largest absolute Gasteiger partial charge is 0.394 e. The zero-order valence-electron chi connectivity index (χ0n) is 11.3. The lowest BCUT2D eigenvalue weighted by Gasteiger charge is -2.39. The van der Waals surface area contributed by atoms with E-state index in [2.05, 4.69) is 12.2 Å². The maximum Gasteiger partial charge on any atom is 0.223 e. The Kier molecular flexibility index (Phi) is 4.62. The lowest BCUT2D eigenvalue weighted by atomic mass is 9.76. The number of hydrogen-bond donors (Lipinski definition) is 2. The minimum atomic E-state index is -0.382.